The number of fused-ring (bicyclic) bond motifs is 1. The van der Waals surface area contributed by atoms with Gasteiger partial charge in [0.15, 0.2) is 11.5 Å². The van der Waals surface area contributed by atoms with Crippen molar-refractivity contribution in [2.24, 2.45) is 0 Å². The predicted molar refractivity (Wildman–Crippen MR) is 68.3 cm³/mol. The molecule has 0 saturated carbocycles. The van der Waals surface area contributed by atoms with Gasteiger partial charge in [-0.2, -0.15) is 0 Å². The Bertz CT molecular complexity index is 469. The Labute approximate surface area is 111 Å². The molecule has 0 bridgehead atoms. The van der Waals surface area contributed by atoms with Gasteiger partial charge in [0, 0.05) is 13.2 Å². The highest BCUT2D eigenvalue weighted by molar-refractivity contribution is 5.80. The lowest BCUT2D eigenvalue weighted by Gasteiger charge is -2.19. The van der Waals surface area contributed by atoms with Gasteiger partial charge in [0.25, 0.3) is 0 Å². The van der Waals surface area contributed by atoms with Crippen LogP contribution in [0.1, 0.15) is 18.4 Å². The number of amides is 1. The number of benzene rings is 1. The third kappa shape index (κ3) is 2.81. The minimum absolute atomic E-state index is 0.0348. The minimum Gasteiger partial charge on any atom is -0.486 e. The second kappa shape index (κ2) is 5.48. The zero-order chi connectivity index (χ0) is 13.1. The Morgan fingerprint density at radius 3 is 2.84 bits per heavy atom. The largest absolute Gasteiger partial charge is 0.486 e. The van der Waals surface area contributed by atoms with Gasteiger partial charge in [-0.05, 0) is 30.5 Å². The van der Waals surface area contributed by atoms with E-state index in [2.05, 4.69) is 5.32 Å². The number of rotatable bonds is 3. The first-order chi connectivity index (χ1) is 9.33. The maximum atomic E-state index is 11.8. The molecule has 3 rings (SSSR count). The van der Waals surface area contributed by atoms with Crippen LogP contribution in [0.5, 0.6) is 11.5 Å². The monoisotopic (exact) mass is 263 g/mol. The van der Waals surface area contributed by atoms with Gasteiger partial charge in [0.05, 0.1) is 0 Å². The molecule has 0 aliphatic carbocycles. The van der Waals surface area contributed by atoms with Gasteiger partial charge in [0.2, 0.25) is 5.91 Å². The Morgan fingerprint density at radius 1 is 1.21 bits per heavy atom. The van der Waals surface area contributed by atoms with Gasteiger partial charge in [0.1, 0.15) is 19.3 Å². The summed E-state index contributed by atoms with van der Waals surface area (Å²) >= 11 is 0. The van der Waals surface area contributed by atoms with E-state index in [1.807, 2.05) is 18.2 Å². The summed E-state index contributed by atoms with van der Waals surface area (Å²) in [5, 5.41) is 2.89. The molecule has 5 heteroatoms. The quantitative estimate of drug-likeness (QED) is 0.891. The molecule has 1 fully saturated rings. The average Bonchev–Trinajstić information content (AvgIpc) is 2.99. The molecule has 0 spiro atoms. The van der Waals surface area contributed by atoms with E-state index in [0.29, 0.717) is 26.4 Å². The normalized spacial score (nSPS) is 21.2. The molecule has 1 N–H and O–H groups in total. The number of nitrogens with one attached hydrogen (secondary N) is 1. The summed E-state index contributed by atoms with van der Waals surface area (Å²) in [5.74, 6) is 1.47. The van der Waals surface area contributed by atoms with Crippen LogP contribution in [0.3, 0.4) is 0 Å². The smallest absolute Gasteiger partial charge is 0.249 e. The molecule has 2 aliphatic heterocycles. The highest BCUT2D eigenvalue weighted by Gasteiger charge is 2.23. The van der Waals surface area contributed by atoms with Crippen molar-refractivity contribution in [3.05, 3.63) is 23.8 Å². The lowest BCUT2D eigenvalue weighted by Crippen LogP contribution is -2.33. The van der Waals surface area contributed by atoms with E-state index in [4.69, 9.17) is 14.2 Å². The first-order valence-electron chi connectivity index (χ1n) is 6.61. The molecule has 2 aliphatic rings. The average molecular weight is 263 g/mol. The molecule has 0 aromatic heterocycles. The first-order valence-corrected chi connectivity index (χ1v) is 6.61. The first kappa shape index (κ1) is 12.3. The van der Waals surface area contributed by atoms with E-state index in [1.165, 1.54) is 0 Å². The summed E-state index contributed by atoms with van der Waals surface area (Å²) in [4.78, 5) is 11.8. The summed E-state index contributed by atoms with van der Waals surface area (Å²) in [7, 11) is 0. The van der Waals surface area contributed by atoms with E-state index in [1.54, 1.807) is 0 Å². The molecule has 1 amide bonds. The van der Waals surface area contributed by atoms with Crippen LogP contribution in [-0.2, 0) is 16.1 Å². The number of hydrogen-bond donors (Lipinski definition) is 1. The van der Waals surface area contributed by atoms with Gasteiger partial charge in [-0.15, -0.1) is 0 Å². The van der Waals surface area contributed by atoms with Crippen molar-refractivity contribution in [3.8, 4) is 11.5 Å². The molecule has 1 atom stereocenters. The second-order valence-electron chi connectivity index (χ2n) is 4.70. The minimum atomic E-state index is -0.280. The number of hydrogen-bond acceptors (Lipinski definition) is 4. The van der Waals surface area contributed by atoms with Crippen LogP contribution >= 0.6 is 0 Å². The standard InChI is InChI=1S/C14H17NO4/c16-14(12-2-1-5-17-12)15-9-10-3-4-11-13(8-10)19-7-6-18-11/h3-4,8,12H,1-2,5-7,9H2,(H,15,16)/t12-/m1/s1. The van der Waals surface area contributed by atoms with E-state index in [9.17, 15) is 4.79 Å². The third-order valence-corrected chi connectivity index (χ3v) is 3.30. The van der Waals surface area contributed by atoms with Gasteiger partial charge in [-0.25, -0.2) is 0 Å². The molecule has 0 unspecified atom stereocenters. The third-order valence-electron chi connectivity index (χ3n) is 3.30. The van der Waals surface area contributed by atoms with Crippen molar-refractivity contribution in [2.75, 3.05) is 19.8 Å². The summed E-state index contributed by atoms with van der Waals surface area (Å²) < 4.78 is 16.3. The SMILES string of the molecule is O=C(NCc1ccc2c(c1)OCCO2)[C@H]1CCCO1. The summed E-state index contributed by atoms with van der Waals surface area (Å²) in [6.45, 7) is 2.32. The van der Waals surface area contributed by atoms with Crippen molar-refractivity contribution in [2.45, 2.75) is 25.5 Å². The zero-order valence-corrected chi connectivity index (χ0v) is 10.7. The molecule has 1 aromatic rings. The molecule has 102 valence electrons. The maximum absolute atomic E-state index is 11.8. The van der Waals surface area contributed by atoms with Crippen molar-refractivity contribution in [3.63, 3.8) is 0 Å². The molecular weight excluding hydrogens is 246 g/mol. The van der Waals surface area contributed by atoms with Crippen LogP contribution in [0.2, 0.25) is 0 Å². The summed E-state index contributed by atoms with van der Waals surface area (Å²) in [5.41, 5.74) is 0.996. The van der Waals surface area contributed by atoms with E-state index < -0.39 is 0 Å². The second-order valence-corrected chi connectivity index (χ2v) is 4.70. The van der Waals surface area contributed by atoms with Gasteiger partial charge < -0.3 is 19.5 Å². The molecular formula is C14H17NO4. The Hall–Kier alpha value is -1.75. The van der Waals surface area contributed by atoms with Crippen molar-refractivity contribution in [1.82, 2.24) is 5.32 Å². The fourth-order valence-electron chi connectivity index (χ4n) is 2.29. The van der Waals surface area contributed by atoms with Gasteiger partial charge in [-0.1, -0.05) is 6.07 Å². The fraction of sp³-hybridized carbons (Fsp3) is 0.500. The number of carbonyl (C=O) groups is 1. The molecule has 1 aromatic carbocycles. The van der Waals surface area contributed by atoms with Gasteiger partial charge >= 0.3 is 0 Å². The van der Waals surface area contributed by atoms with Crippen LogP contribution in [0, 0.1) is 0 Å². The predicted octanol–water partition coefficient (Wildman–Crippen LogP) is 1.25. The molecule has 5 nitrogen and oxygen atoms in total. The van der Waals surface area contributed by atoms with E-state index >= 15 is 0 Å². The van der Waals surface area contributed by atoms with Crippen LogP contribution in [0.25, 0.3) is 0 Å². The Kier molecular flexibility index (Phi) is 3.55. The summed E-state index contributed by atoms with van der Waals surface area (Å²) in [6.07, 6.45) is 1.49. The molecule has 19 heavy (non-hydrogen) atoms. The lowest BCUT2D eigenvalue weighted by molar-refractivity contribution is -0.130. The van der Waals surface area contributed by atoms with Crippen LogP contribution in [0.4, 0.5) is 0 Å². The molecule has 0 radical (unpaired) electrons. The highest BCUT2D eigenvalue weighted by atomic mass is 16.6. The topological polar surface area (TPSA) is 56.8 Å². The number of carbonyl (C=O) groups excluding carboxylic acids is 1. The van der Waals surface area contributed by atoms with E-state index in [-0.39, 0.29) is 12.0 Å². The Morgan fingerprint density at radius 2 is 2.05 bits per heavy atom. The van der Waals surface area contributed by atoms with Gasteiger partial charge in [-0.3, -0.25) is 4.79 Å². The van der Waals surface area contributed by atoms with Crippen LogP contribution < -0.4 is 14.8 Å². The molecule has 1 saturated heterocycles. The maximum Gasteiger partial charge on any atom is 0.249 e. The summed E-state index contributed by atoms with van der Waals surface area (Å²) in [6, 6.07) is 5.72. The molecule has 2 heterocycles. The van der Waals surface area contributed by atoms with Crippen molar-refractivity contribution >= 4 is 5.91 Å². The fourth-order valence-corrected chi connectivity index (χ4v) is 2.29. The van der Waals surface area contributed by atoms with E-state index in [0.717, 1.165) is 29.9 Å². The van der Waals surface area contributed by atoms with Crippen molar-refractivity contribution in [1.29, 1.82) is 0 Å². The number of ether oxygens (including phenoxy) is 3. The Balaban J connectivity index is 1.59. The zero-order valence-electron chi connectivity index (χ0n) is 10.7. The van der Waals surface area contributed by atoms with Crippen LogP contribution in [-0.4, -0.2) is 31.8 Å². The lowest BCUT2D eigenvalue weighted by atomic mass is 10.2. The highest BCUT2D eigenvalue weighted by Crippen LogP contribution is 2.30. The van der Waals surface area contributed by atoms with Crippen LogP contribution in [0.15, 0.2) is 18.2 Å². The van der Waals surface area contributed by atoms with Crippen molar-refractivity contribution < 1.29 is 19.0 Å².